The maximum absolute atomic E-state index is 13.2. The van der Waals surface area contributed by atoms with Gasteiger partial charge in [0.05, 0.1) is 19.1 Å². The first-order chi connectivity index (χ1) is 13.4. The monoisotopic (exact) mass is 387 g/mol. The van der Waals surface area contributed by atoms with Crippen LogP contribution in [0.4, 0.5) is 0 Å². The molecule has 3 rings (SSSR count). The first-order valence-corrected chi connectivity index (χ1v) is 10.8. The minimum absolute atomic E-state index is 0.0563. The van der Waals surface area contributed by atoms with Gasteiger partial charge in [-0.25, -0.2) is 0 Å². The Labute approximate surface area is 170 Å². The lowest BCUT2D eigenvalue weighted by atomic mass is 9.83. The smallest absolute Gasteiger partial charge is 0.227 e. The summed E-state index contributed by atoms with van der Waals surface area (Å²) in [5.74, 6) is 0.318. The molecule has 28 heavy (non-hydrogen) atoms. The molecule has 2 aliphatic rings. The van der Waals surface area contributed by atoms with E-state index in [1.807, 2.05) is 0 Å². The van der Waals surface area contributed by atoms with Gasteiger partial charge in [-0.15, -0.1) is 0 Å². The molecule has 1 amide bonds. The number of benzene rings is 1. The summed E-state index contributed by atoms with van der Waals surface area (Å²) in [5, 5.41) is 3.36. The van der Waals surface area contributed by atoms with Crippen molar-refractivity contribution in [2.24, 2.45) is 5.92 Å². The predicted molar refractivity (Wildman–Crippen MR) is 114 cm³/mol. The average Bonchev–Trinajstić information content (AvgIpc) is 2.70. The Balaban J connectivity index is 1.72. The lowest BCUT2D eigenvalue weighted by Gasteiger charge is -2.49. The zero-order valence-corrected chi connectivity index (χ0v) is 18.0. The van der Waals surface area contributed by atoms with Crippen LogP contribution in [0.25, 0.3) is 0 Å². The lowest BCUT2D eigenvalue weighted by Crippen LogP contribution is -2.62. The van der Waals surface area contributed by atoms with Crippen LogP contribution in [0.15, 0.2) is 24.3 Å². The number of aryl methyl sites for hydroxylation is 1. The highest BCUT2D eigenvalue weighted by Gasteiger charge is 2.40. The van der Waals surface area contributed by atoms with Crippen LogP contribution in [0.5, 0.6) is 0 Å². The Bertz CT molecular complexity index is 630. The van der Waals surface area contributed by atoms with Crippen molar-refractivity contribution in [3.8, 4) is 0 Å². The normalized spacial score (nSPS) is 22.2. The van der Waals surface area contributed by atoms with Crippen LogP contribution in [0, 0.1) is 12.8 Å². The van der Waals surface area contributed by atoms with E-state index in [1.165, 1.54) is 5.56 Å². The fraction of sp³-hybridized carbons (Fsp3) is 0.696. The molecule has 0 aromatic heterocycles. The maximum Gasteiger partial charge on any atom is 0.227 e. The summed E-state index contributed by atoms with van der Waals surface area (Å²) < 4.78 is 5.58. The highest BCUT2D eigenvalue weighted by Crippen LogP contribution is 2.30. The van der Waals surface area contributed by atoms with Crippen LogP contribution in [0.1, 0.15) is 43.7 Å². The number of morpholine rings is 1. The molecule has 1 N–H and O–H groups in total. The molecule has 0 aliphatic carbocycles. The highest BCUT2D eigenvalue weighted by atomic mass is 16.5. The molecule has 1 aromatic rings. The van der Waals surface area contributed by atoms with Gasteiger partial charge >= 0.3 is 0 Å². The summed E-state index contributed by atoms with van der Waals surface area (Å²) in [7, 11) is 2.19. The molecule has 0 spiro atoms. The second-order valence-corrected chi connectivity index (χ2v) is 8.98. The second kappa shape index (κ2) is 9.38. The van der Waals surface area contributed by atoms with Crippen molar-refractivity contribution in [3.05, 3.63) is 35.4 Å². The van der Waals surface area contributed by atoms with Crippen LogP contribution < -0.4 is 5.32 Å². The standard InChI is InChI=1S/C23H37N3O2/c1-18(2)21(20-7-5-19(3)6-8-20)22(27)24-17-23(9-11-25(4)12-10-23)26-13-15-28-16-14-26/h5-8,18,21H,9-17H2,1-4H3,(H,24,27). The molecule has 2 aliphatic heterocycles. The fourth-order valence-electron chi connectivity index (χ4n) is 4.65. The third-order valence-corrected chi connectivity index (χ3v) is 6.58. The van der Waals surface area contributed by atoms with Crippen LogP contribution in [-0.4, -0.2) is 74.2 Å². The summed E-state index contributed by atoms with van der Waals surface area (Å²) in [6.07, 6.45) is 2.20. The molecule has 1 aromatic carbocycles. The molecule has 0 bridgehead atoms. The molecular formula is C23H37N3O2. The Hall–Kier alpha value is -1.43. The fourth-order valence-corrected chi connectivity index (χ4v) is 4.65. The molecule has 5 heteroatoms. The Morgan fingerprint density at radius 1 is 1.11 bits per heavy atom. The summed E-state index contributed by atoms with van der Waals surface area (Å²) in [4.78, 5) is 18.2. The number of nitrogens with zero attached hydrogens (tertiary/aromatic N) is 2. The van der Waals surface area contributed by atoms with Crippen LogP contribution in [-0.2, 0) is 9.53 Å². The van der Waals surface area contributed by atoms with Crippen molar-refractivity contribution in [3.63, 3.8) is 0 Å². The van der Waals surface area contributed by atoms with Gasteiger partial charge in [0.1, 0.15) is 0 Å². The first-order valence-electron chi connectivity index (χ1n) is 10.8. The van der Waals surface area contributed by atoms with Crippen molar-refractivity contribution in [1.82, 2.24) is 15.1 Å². The van der Waals surface area contributed by atoms with Crippen molar-refractivity contribution in [1.29, 1.82) is 0 Å². The highest BCUT2D eigenvalue weighted by molar-refractivity contribution is 5.84. The van der Waals surface area contributed by atoms with E-state index in [-0.39, 0.29) is 23.3 Å². The number of ether oxygens (including phenoxy) is 1. The molecule has 1 atom stereocenters. The zero-order valence-electron chi connectivity index (χ0n) is 18.0. The van der Waals surface area contributed by atoms with E-state index in [9.17, 15) is 4.79 Å². The minimum atomic E-state index is -0.103. The van der Waals surface area contributed by atoms with E-state index in [0.29, 0.717) is 0 Å². The van der Waals surface area contributed by atoms with Crippen molar-refractivity contribution in [2.75, 3.05) is 53.0 Å². The quantitative estimate of drug-likeness (QED) is 0.815. The first kappa shape index (κ1) is 21.3. The zero-order chi connectivity index (χ0) is 20.1. The summed E-state index contributed by atoms with van der Waals surface area (Å²) >= 11 is 0. The van der Waals surface area contributed by atoms with E-state index in [0.717, 1.165) is 64.3 Å². The van der Waals surface area contributed by atoms with Gasteiger partial charge in [-0.05, 0) is 51.4 Å². The number of hydrogen-bond acceptors (Lipinski definition) is 4. The third-order valence-electron chi connectivity index (χ3n) is 6.58. The number of rotatable bonds is 6. The summed E-state index contributed by atoms with van der Waals surface area (Å²) in [6, 6.07) is 8.41. The molecule has 2 saturated heterocycles. The molecule has 0 saturated carbocycles. The van der Waals surface area contributed by atoms with E-state index < -0.39 is 0 Å². The van der Waals surface area contributed by atoms with Crippen molar-refractivity contribution in [2.45, 2.75) is 45.1 Å². The van der Waals surface area contributed by atoms with Gasteiger partial charge in [0.25, 0.3) is 0 Å². The average molecular weight is 388 g/mol. The van der Waals surface area contributed by atoms with Crippen LogP contribution in [0.2, 0.25) is 0 Å². The van der Waals surface area contributed by atoms with Gasteiger partial charge in [-0.2, -0.15) is 0 Å². The molecule has 2 fully saturated rings. The Morgan fingerprint density at radius 3 is 2.29 bits per heavy atom. The van der Waals surface area contributed by atoms with Gasteiger partial charge in [0, 0.05) is 25.2 Å². The largest absolute Gasteiger partial charge is 0.379 e. The van der Waals surface area contributed by atoms with Gasteiger partial charge in [0.15, 0.2) is 0 Å². The molecule has 1 unspecified atom stereocenters. The van der Waals surface area contributed by atoms with E-state index in [1.54, 1.807) is 0 Å². The minimum Gasteiger partial charge on any atom is -0.379 e. The Morgan fingerprint density at radius 2 is 1.71 bits per heavy atom. The number of nitrogens with one attached hydrogen (secondary N) is 1. The van der Waals surface area contributed by atoms with Crippen LogP contribution >= 0.6 is 0 Å². The Kier molecular flexibility index (Phi) is 7.13. The number of carbonyl (C=O) groups excluding carboxylic acids is 1. The molecule has 2 heterocycles. The van der Waals surface area contributed by atoms with E-state index >= 15 is 0 Å². The number of piperidine rings is 1. The lowest BCUT2D eigenvalue weighted by molar-refractivity contribution is -0.125. The van der Waals surface area contributed by atoms with E-state index in [4.69, 9.17) is 4.74 Å². The molecular weight excluding hydrogens is 350 g/mol. The number of hydrogen-bond donors (Lipinski definition) is 1. The van der Waals surface area contributed by atoms with Crippen LogP contribution in [0.3, 0.4) is 0 Å². The van der Waals surface area contributed by atoms with Gasteiger partial charge in [-0.3, -0.25) is 9.69 Å². The number of likely N-dealkylation sites (tertiary alicyclic amines) is 1. The number of carbonyl (C=O) groups is 1. The van der Waals surface area contributed by atoms with E-state index in [2.05, 4.69) is 67.2 Å². The SMILES string of the molecule is Cc1ccc(C(C(=O)NCC2(N3CCOCC3)CCN(C)CC2)C(C)C)cc1. The number of amides is 1. The summed E-state index contributed by atoms with van der Waals surface area (Å²) in [6.45, 7) is 12.8. The molecule has 0 radical (unpaired) electrons. The van der Waals surface area contributed by atoms with Gasteiger partial charge in [0.2, 0.25) is 5.91 Å². The topological polar surface area (TPSA) is 44.8 Å². The maximum atomic E-state index is 13.2. The summed E-state index contributed by atoms with van der Waals surface area (Å²) in [5.41, 5.74) is 2.40. The van der Waals surface area contributed by atoms with Crippen molar-refractivity contribution < 1.29 is 9.53 Å². The molecule has 156 valence electrons. The van der Waals surface area contributed by atoms with Gasteiger partial charge < -0.3 is 15.0 Å². The van der Waals surface area contributed by atoms with Gasteiger partial charge in [-0.1, -0.05) is 43.7 Å². The molecule has 5 nitrogen and oxygen atoms in total. The third kappa shape index (κ3) is 4.94. The second-order valence-electron chi connectivity index (χ2n) is 8.98. The van der Waals surface area contributed by atoms with Crippen molar-refractivity contribution >= 4 is 5.91 Å². The predicted octanol–water partition coefficient (Wildman–Crippen LogP) is 2.65.